The summed E-state index contributed by atoms with van der Waals surface area (Å²) in [6.07, 6.45) is 0. The minimum absolute atomic E-state index is 0.238. The van der Waals surface area contributed by atoms with Gasteiger partial charge < -0.3 is 15.4 Å². The van der Waals surface area contributed by atoms with E-state index in [1.807, 2.05) is 32.0 Å². The zero-order chi connectivity index (χ0) is 18.0. The molecule has 0 saturated carbocycles. The van der Waals surface area contributed by atoms with Gasteiger partial charge in [0.15, 0.2) is 0 Å². The number of anilines is 1. The highest BCUT2D eigenvalue weighted by atomic mass is 16.5. The zero-order valence-corrected chi connectivity index (χ0v) is 14.3. The maximum Gasteiger partial charge on any atom is 0.255 e. The Morgan fingerprint density at radius 2 is 2.00 bits per heavy atom. The summed E-state index contributed by atoms with van der Waals surface area (Å²) in [5, 5.41) is 5.62. The number of ether oxygens (including phenoxy) is 1. The number of fused-ring (bicyclic) bond motifs is 1. The topological polar surface area (TPSA) is 67.4 Å². The summed E-state index contributed by atoms with van der Waals surface area (Å²) >= 11 is 0. The van der Waals surface area contributed by atoms with Crippen LogP contribution in [0.3, 0.4) is 0 Å². The fourth-order valence-corrected chi connectivity index (χ4v) is 2.84. The summed E-state index contributed by atoms with van der Waals surface area (Å²) in [6.45, 7) is 7.89. The number of hydrogen-bond donors (Lipinski definition) is 2. The average molecular weight is 336 g/mol. The highest BCUT2D eigenvalue weighted by Crippen LogP contribution is 2.33. The molecule has 128 valence electrons. The number of nitrogens with one attached hydrogen (secondary N) is 2. The van der Waals surface area contributed by atoms with Gasteiger partial charge in [-0.05, 0) is 43.2 Å². The molecule has 25 heavy (non-hydrogen) atoms. The molecular formula is C20H20N2O3. The van der Waals surface area contributed by atoms with Crippen LogP contribution in [0, 0.1) is 6.92 Å². The predicted octanol–water partition coefficient (Wildman–Crippen LogP) is 3.37. The van der Waals surface area contributed by atoms with Gasteiger partial charge in [0.2, 0.25) is 0 Å². The first kappa shape index (κ1) is 16.8. The van der Waals surface area contributed by atoms with Gasteiger partial charge in [0.05, 0.1) is 5.56 Å². The molecule has 0 radical (unpaired) electrons. The van der Waals surface area contributed by atoms with Crippen LogP contribution < -0.4 is 15.4 Å². The van der Waals surface area contributed by atoms with Crippen molar-refractivity contribution in [2.75, 3.05) is 11.9 Å². The normalized spacial score (nSPS) is 15.3. The first-order valence-corrected chi connectivity index (χ1v) is 8.05. The monoisotopic (exact) mass is 336 g/mol. The second-order valence-electron chi connectivity index (χ2n) is 6.17. The zero-order valence-electron chi connectivity index (χ0n) is 14.3. The van der Waals surface area contributed by atoms with E-state index < -0.39 is 6.04 Å². The summed E-state index contributed by atoms with van der Waals surface area (Å²) in [6, 6.07) is 11.9. The Balaban J connectivity index is 1.85. The summed E-state index contributed by atoms with van der Waals surface area (Å²) in [5.74, 6) is -0.127. The molecule has 2 aromatic rings. The summed E-state index contributed by atoms with van der Waals surface area (Å²) in [4.78, 5) is 25.0. The van der Waals surface area contributed by atoms with Crippen LogP contribution in [0.25, 0.3) is 0 Å². The molecular weight excluding hydrogens is 316 g/mol. The molecule has 3 rings (SSSR count). The van der Waals surface area contributed by atoms with Gasteiger partial charge in [-0.3, -0.25) is 9.59 Å². The Kier molecular flexibility index (Phi) is 4.57. The van der Waals surface area contributed by atoms with Gasteiger partial charge in [-0.2, -0.15) is 0 Å². The number of carbonyl (C=O) groups excluding carboxylic acids is 2. The second-order valence-corrected chi connectivity index (χ2v) is 6.17. The van der Waals surface area contributed by atoms with Gasteiger partial charge in [0.1, 0.15) is 18.4 Å². The molecule has 1 aliphatic rings. The van der Waals surface area contributed by atoms with E-state index in [1.54, 1.807) is 24.3 Å². The van der Waals surface area contributed by atoms with Gasteiger partial charge in [-0.1, -0.05) is 30.8 Å². The van der Waals surface area contributed by atoms with Crippen molar-refractivity contribution < 1.29 is 14.3 Å². The summed E-state index contributed by atoms with van der Waals surface area (Å²) in [7, 11) is 0. The molecule has 1 heterocycles. The Labute approximate surface area is 146 Å². The van der Waals surface area contributed by atoms with Crippen molar-refractivity contribution in [1.82, 2.24) is 5.32 Å². The van der Waals surface area contributed by atoms with Gasteiger partial charge in [0.25, 0.3) is 11.8 Å². The van der Waals surface area contributed by atoms with Crippen LogP contribution in [-0.4, -0.2) is 18.4 Å². The lowest BCUT2D eigenvalue weighted by atomic mass is 10.0. The van der Waals surface area contributed by atoms with Crippen LogP contribution in [-0.2, 0) is 4.79 Å². The molecule has 0 aromatic heterocycles. The Hall–Kier alpha value is -3.08. The fourth-order valence-electron chi connectivity index (χ4n) is 2.84. The molecule has 0 bridgehead atoms. The smallest absolute Gasteiger partial charge is 0.255 e. The largest absolute Gasteiger partial charge is 0.488 e. The average Bonchev–Trinajstić information content (AvgIpc) is 2.90. The fraction of sp³-hybridized carbons (Fsp3) is 0.200. The second kappa shape index (κ2) is 6.81. The van der Waals surface area contributed by atoms with Crippen molar-refractivity contribution >= 4 is 17.5 Å². The van der Waals surface area contributed by atoms with Crippen LogP contribution in [0.5, 0.6) is 5.75 Å². The molecule has 0 saturated heterocycles. The number of amides is 2. The van der Waals surface area contributed by atoms with Crippen LogP contribution in [0.4, 0.5) is 5.69 Å². The molecule has 0 fully saturated rings. The SMILES string of the molecule is C=C(C)COc1ccccc1C(=O)N[C@@H]1C(=O)Nc2cccc(C)c21. The Morgan fingerprint density at radius 1 is 1.24 bits per heavy atom. The summed E-state index contributed by atoms with van der Waals surface area (Å²) < 4.78 is 5.64. The first-order chi connectivity index (χ1) is 12.0. The van der Waals surface area contributed by atoms with Crippen LogP contribution in [0.15, 0.2) is 54.6 Å². The summed E-state index contributed by atoms with van der Waals surface area (Å²) in [5.41, 5.74) is 3.74. The molecule has 2 aromatic carbocycles. The lowest BCUT2D eigenvalue weighted by Crippen LogP contribution is -2.33. The molecule has 5 heteroatoms. The van der Waals surface area contributed by atoms with Crippen molar-refractivity contribution in [2.45, 2.75) is 19.9 Å². The lowest BCUT2D eigenvalue weighted by molar-refractivity contribution is -0.117. The van der Waals surface area contributed by atoms with Crippen molar-refractivity contribution in [3.8, 4) is 5.75 Å². The number of aryl methyl sites for hydroxylation is 1. The molecule has 5 nitrogen and oxygen atoms in total. The first-order valence-electron chi connectivity index (χ1n) is 8.05. The minimum atomic E-state index is -0.710. The van der Waals surface area contributed by atoms with Gasteiger partial charge in [-0.25, -0.2) is 0 Å². The molecule has 2 N–H and O–H groups in total. The Morgan fingerprint density at radius 3 is 2.76 bits per heavy atom. The third kappa shape index (κ3) is 3.40. The van der Waals surface area contributed by atoms with E-state index in [1.165, 1.54) is 0 Å². The highest BCUT2D eigenvalue weighted by molar-refractivity contribution is 6.07. The van der Waals surface area contributed by atoms with E-state index in [9.17, 15) is 9.59 Å². The highest BCUT2D eigenvalue weighted by Gasteiger charge is 2.33. The van der Waals surface area contributed by atoms with Crippen molar-refractivity contribution in [3.05, 3.63) is 71.3 Å². The van der Waals surface area contributed by atoms with Gasteiger partial charge >= 0.3 is 0 Å². The maximum atomic E-state index is 12.7. The van der Waals surface area contributed by atoms with Crippen LogP contribution in [0.2, 0.25) is 0 Å². The number of para-hydroxylation sites is 1. The van der Waals surface area contributed by atoms with E-state index in [4.69, 9.17) is 4.74 Å². The Bertz CT molecular complexity index is 858. The lowest BCUT2D eigenvalue weighted by Gasteiger charge is -2.16. The van der Waals surface area contributed by atoms with Crippen LogP contribution >= 0.6 is 0 Å². The van der Waals surface area contributed by atoms with Crippen molar-refractivity contribution in [1.29, 1.82) is 0 Å². The minimum Gasteiger partial charge on any atom is -0.488 e. The van der Waals surface area contributed by atoms with Gasteiger partial charge in [-0.15, -0.1) is 0 Å². The third-order valence-corrected chi connectivity index (χ3v) is 4.01. The van der Waals surface area contributed by atoms with Crippen molar-refractivity contribution in [3.63, 3.8) is 0 Å². The molecule has 0 spiro atoms. The molecule has 2 amide bonds. The number of carbonyl (C=O) groups is 2. The number of hydrogen-bond acceptors (Lipinski definition) is 3. The van der Waals surface area contributed by atoms with Crippen LogP contribution in [0.1, 0.15) is 34.5 Å². The molecule has 0 aliphatic carbocycles. The quantitative estimate of drug-likeness (QED) is 0.823. The van der Waals surface area contributed by atoms with Crippen molar-refractivity contribution in [2.24, 2.45) is 0 Å². The van der Waals surface area contributed by atoms with E-state index in [-0.39, 0.29) is 11.8 Å². The number of rotatable bonds is 5. The van der Waals surface area contributed by atoms with Gasteiger partial charge in [0, 0.05) is 11.3 Å². The third-order valence-electron chi connectivity index (χ3n) is 4.01. The predicted molar refractivity (Wildman–Crippen MR) is 96.8 cm³/mol. The van der Waals surface area contributed by atoms with E-state index in [0.29, 0.717) is 17.9 Å². The standard InChI is InChI=1S/C20H20N2O3/c1-12(2)11-25-16-10-5-4-8-14(16)19(23)22-18-17-13(3)7-6-9-15(17)21-20(18)24/h4-10,18H,1,11H2,2-3H3,(H,21,24)(H,22,23)/t18-/m0/s1. The van der Waals surface area contributed by atoms with E-state index in [2.05, 4.69) is 17.2 Å². The molecule has 0 unspecified atom stereocenters. The maximum absolute atomic E-state index is 12.7. The van der Waals surface area contributed by atoms with E-state index >= 15 is 0 Å². The molecule has 1 aliphatic heterocycles. The molecule has 1 atom stereocenters. The van der Waals surface area contributed by atoms with E-state index in [0.717, 1.165) is 22.4 Å². The number of benzene rings is 2.